The number of carbonyl (C=O) groups excluding carboxylic acids is 1. The van der Waals surface area contributed by atoms with Gasteiger partial charge in [-0.2, -0.15) is 0 Å². The molecule has 2 aromatic rings. The van der Waals surface area contributed by atoms with Crippen molar-refractivity contribution in [3.63, 3.8) is 0 Å². The van der Waals surface area contributed by atoms with Crippen LogP contribution in [0.4, 0.5) is 8.78 Å². The molecule has 0 aliphatic heterocycles. The summed E-state index contributed by atoms with van der Waals surface area (Å²) in [5.74, 6) is -2.51. The molecule has 5 nitrogen and oxygen atoms in total. The number of halogens is 2. The summed E-state index contributed by atoms with van der Waals surface area (Å²) < 4.78 is 32.1. The maximum atomic E-state index is 13.8. The van der Waals surface area contributed by atoms with Crippen molar-refractivity contribution >= 4 is 11.9 Å². The summed E-state index contributed by atoms with van der Waals surface area (Å²) in [5.41, 5.74) is 0.322. The molecule has 0 saturated heterocycles. The molecule has 1 aromatic carbocycles. The number of carboxylic acids is 1. The van der Waals surface area contributed by atoms with Gasteiger partial charge < -0.3 is 14.4 Å². The molecule has 1 atom stereocenters. The number of aryl methyl sites for hydroxylation is 1. The van der Waals surface area contributed by atoms with Gasteiger partial charge in [0, 0.05) is 19.5 Å². The quantitative estimate of drug-likeness (QED) is 0.861. The van der Waals surface area contributed by atoms with Crippen molar-refractivity contribution in [2.75, 3.05) is 7.05 Å². The molecular weight excluding hydrogens is 332 g/mol. The third-order valence-electron chi connectivity index (χ3n) is 3.99. The van der Waals surface area contributed by atoms with E-state index in [1.807, 2.05) is 0 Å². The zero-order valence-corrected chi connectivity index (χ0v) is 14.2. The lowest BCUT2D eigenvalue weighted by Gasteiger charge is -2.19. The smallest absolute Gasteiger partial charge is 0.339 e. The summed E-state index contributed by atoms with van der Waals surface area (Å²) in [6, 6.07) is 4.66. The second kappa shape index (κ2) is 7.46. The van der Waals surface area contributed by atoms with Gasteiger partial charge >= 0.3 is 5.97 Å². The summed E-state index contributed by atoms with van der Waals surface area (Å²) in [5, 5.41) is 9.01. The lowest BCUT2D eigenvalue weighted by atomic mass is 9.96. The van der Waals surface area contributed by atoms with E-state index in [0.717, 1.165) is 12.1 Å². The number of carbonyl (C=O) groups is 2. The van der Waals surface area contributed by atoms with Crippen LogP contribution in [0.3, 0.4) is 0 Å². The highest BCUT2D eigenvalue weighted by molar-refractivity contribution is 5.88. The van der Waals surface area contributed by atoms with Gasteiger partial charge in [0.1, 0.15) is 28.7 Å². The van der Waals surface area contributed by atoms with Crippen molar-refractivity contribution in [3.05, 3.63) is 58.5 Å². The van der Waals surface area contributed by atoms with Crippen LogP contribution in [0.15, 0.2) is 28.7 Å². The first-order valence-electron chi connectivity index (χ1n) is 7.70. The minimum Gasteiger partial charge on any atom is -0.478 e. The number of carboxylic acid groups (broad SMARTS) is 1. The van der Waals surface area contributed by atoms with E-state index in [4.69, 9.17) is 9.52 Å². The molecule has 0 fully saturated rings. The van der Waals surface area contributed by atoms with Gasteiger partial charge in [0.15, 0.2) is 0 Å². The average molecular weight is 351 g/mol. The van der Waals surface area contributed by atoms with Crippen LogP contribution >= 0.6 is 0 Å². The Morgan fingerprint density at radius 2 is 1.96 bits per heavy atom. The van der Waals surface area contributed by atoms with Gasteiger partial charge in [0.25, 0.3) is 0 Å². The highest BCUT2D eigenvalue weighted by Crippen LogP contribution is 2.24. The molecule has 0 radical (unpaired) electrons. The number of amides is 1. The maximum Gasteiger partial charge on any atom is 0.339 e. The number of hydrogen-bond donors (Lipinski definition) is 1. The summed E-state index contributed by atoms with van der Waals surface area (Å²) in [4.78, 5) is 24.7. The Morgan fingerprint density at radius 3 is 2.52 bits per heavy atom. The third kappa shape index (κ3) is 4.43. The molecule has 1 heterocycles. The number of nitrogens with zero attached hydrogens (tertiary/aromatic N) is 1. The van der Waals surface area contributed by atoms with Crippen molar-refractivity contribution in [1.82, 2.24) is 4.90 Å². The van der Waals surface area contributed by atoms with Crippen LogP contribution in [-0.2, 0) is 11.3 Å². The monoisotopic (exact) mass is 351 g/mol. The normalized spacial score (nSPS) is 12.0. The van der Waals surface area contributed by atoms with Crippen molar-refractivity contribution in [1.29, 1.82) is 0 Å². The van der Waals surface area contributed by atoms with E-state index in [9.17, 15) is 18.4 Å². The van der Waals surface area contributed by atoms with E-state index in [-0.39, 0.29) is 35.8 Å². The minimum atomic E-state index is -1.10. The van der Waals surface area contributed by atoms with Gasteiger partial charge in [-0.05, 0) is 30.5 Å². The van der Waals surface area contributed by atoms with Crippen LogP contribution in [0.2, 0.25) is 0 Å². The van der Waals surface area contributed by atoms with Gasteiger partial charge in [-0.15, -0.1) is 0 Å². The Bertz CT molecular complexity index is 800. The van der Waals surface area contributed by atoms with Crippen LogP contribution in [0, 0.1) is 18.6 Å². The molecule has 0 spiro atoms. The van der Waals surface area contributed by atoms with E-state index in [0.29, 0.717) is 5.76 Å². The molecule has 134 valence electrons. The Balaban J connectivity index is 2.02. The fourth-order valence-electron chi connectivity index (χ4n) is 2.58. The van der Waals surface area contributed by atoms with Crippen molar-refractivity contribution < 1.29 is 27.9 Å². The molecule has 1 amide bonds. The molecule has 0 saturated carbocycles. The Hall–Kier alpha value is -2.70. The highest BCUT2D eigenvalue weighted by Gasteiger charge is 2.20. The van der Waals surface area contributed by atoms with Crippen molar-refractivity contribution in [3.8, 4) is 0 Å². The van der Waals surface area contributed by atoms with Gasteiger partial charge in [-0.1, -0.05) is 13.0 Å². The third-order valence-corrected chi connectivity index (χ3v) is 3.99. The molecule has 25 heavy (non-hydrogen) atoms. The van der Waals surface area contributed by atoms with E-state index in [1.165, 1.54) is 24.0 Å². The number of benzene rings is 1. The minimum absolute atomic E-state index is 0.0323. The number of rotatable bonds is 6. The lowest BCUT2D eigenvalue weighted by Crippen LogP contribution is -2.27. The fourth-order valence-corrected chi connectivity index (χ4v) is 2.58. The van der Waals surface area contributed by atoms with Crippen LogP contribution in [0.5, 0.6) is 0 Å². The van der Waals surface area contributed by atoms with Gasteiger partial charge in [-0.3, -0.25) is 4.79 Å². The molecule has 2 rings (SSSR count). The lowest BCUT2D eigenvalue weighted by molar-refractivity contribution is -0.131. The number of hydrogen-bond acceptors (Lipinski definition) is 3. The Morgan fingerprint density at radius 1 is 1.28 bits per heavy atom. The Kier molecular flexibility index (Phi) is 5.56. The standard InChI is InChI=1S/C18H19F2NO4/c1-10(14-5-4-12(19)7-16(14)20)6-17(22)21(3)9-13-8-15(18(23)24)11(2)25-13/h4-5,7-8,10H,6,9H2,1-3H3,(H,23,24). The fraction of sp³-hybridized carbons (Fsp3) is 0.333. The molecular formula is C18H19F2NO4. The number of aromatic carboxylic acids is 1. The molecule has 7 heteroatoms. The van der Waals surface area contributed by atoms with E-state index in [2.05, 4.69) is 0 Å². The number of furan rings is 1. The second-order valence-electron chi connectivity index (χ2n) is 6.01. The first kappa shape index (κ1) is 18.6. The van der Waals surface area contributed by atoms with Gasteiger partial charge in [0.2, 0.25) is 5.91 Å². The van der Waals surface area contributed by atoms with Crippen LogP contribution < -0.4 is 0 Å². The summed E-state index contributed by atoms with van der Waals surface area (Å²) in [7, 11) is 1.55. The first-order chi connectivity index (χ1) is 11.7. The largest absolute Gasteiger partial charge is 0.478 e. The first-order valence-corrected chi connectivity index (χ1v) is 7.70. The molecule has 0 bridgehead atoms. The second-order valence-corrected chi connectivity index (χ2v) is 6.01. The van der Waals surface area contributed by atoms with Gasteiger partial charge in [0.05, 0.1) is 6.54 Å². The van der Waals surface area contributed by atoms with Crippen molar-refractivity contribution in [2.24, 2.45) is 0 Å². The van der Waals surface area contributed by atoms with Gasteiger partial charge in [-0.25, -0.2) is 13.6 Å². The predicted molar refractivity (Wildman–Crippen MR) is 86.3 cm³/mol. The summed E-state index contributed by atoms with van der Waals surface area (Å²) in [6.07, 6.45) is 0.0323. The molecule has 1 unspecified atom stereocenters. The summed E-state index contributed by atoms with van der Waals surface area (Å²) in [6.45, 7) is 3.32. The highest BCUT2D eigenvalue weighted by atomic mass is 19.1. The van der Waals surface area contributed by atoms with Crippen molar-refractivity contribution in [2.45, 2.75) is 32.7 Å². The topological polar surface area (TPSA) is 70.8 Å². The zero-order chi connectivity index (χ0) is 18.7. The molecule has 0 aliphatic rings. The van der Waals surface area contributed by atoms with Crippen LogP contribution in [0.1, 0.15) is 46.7 Å². The van der Waals surface area contributed by atoms with E-state index < -0.39 is 23.5 Å². The average Bonchev–Trinajstić information content (AvgIpc) is 2.87. The molecule has 0 aliphatic carbocycles. The van der Waals surface area contributed by atoms with E-state index >= 15 is 0 Å². The molecule has 1 aromatic heterocycles. The maximum absolute atomic E-state index is 13.8. The van der Waals surface area contributed by atoms with E-state index in [1.54, 1.807) is 14.0 Å². The predicted octanol–water partition coefficient (Wildman–Crippen LogP) is 3.72. The summed E-state index contributed by atoms with van der Waals surface area (Å²) >= 11 is 0. The Labute approximate surface area is 143 Å². The van der Waals surface area contributed by atoms with Crippen LogP contribution in [-0.4, -0.2) is 28.9 Å². The molecule has 1 N–H and O–H groups in total. The van der Waals surface area contributed by atoms with Crippen LogP contribution in [0.25, 0.3) is 0 Å². The SMILES string of the molecule is Cc1oc(CN(C)C(=O)CC(C)c2ccc(F)cc2F)cc1C(=O)O. The zero-order valence-electron chi connectivity index (χ0n) is 14.2.